The Morgan fingerprint density at radius 2 is 1.43 bits per heavy atom. The molecule has 3 aliphatic heterocycles. The maximum atomic E-state index is 14.4. The van der Waals surface area contributed by atoms with Gasteiger partial charge in [-0.2, -0.15) is 5.10 Å². The van der Waals surface area contributed by atoms with Gasteiger partial charge in [0.1, 0.15) is 31.2 Å². The molecule has 0 spiro atoms. The van der Waals surface area contributed by atoms with E-state index in [0.29, 0.717) is 153 Å². The first kappa shape index (κ1) is 66.0. The van der Waals surface area contributed by atoms with E-state index in [2.05, 4.69) is 26.2 Å². The summed E-state index contributed by atoms with van der Waals surface area (Å²) in [5.41, 5.74) is 3.93. The Morgan fingerprint density at radius 3 is 2.05 bits per heavy atom. The largest absolute Gasteiger partial charge is 0.496 e. The zero-order valence-corrected chi connectivity index (χ0v) is 48.3. The number of aldehydes is 1. The number of aliphatic hydroxyl groups is 1. The molecular weight excluding hydrogens is 1110 g/mol. The van der Waals surface area contributed by atoms with E-state index in [1.807, 2.05) is 47.5 Å². The van der Waals surface area contributed by atoms with Gasteiger partial charge in [0, 0.05) is 137 Å². The maximum absolute atomic E-state index is 14.4. The summed E-state index contributed by atoms with van der Waals surface area (Å²) < 4.78 is 25.3. The van der Waals surface area contributed by atoms with E-state index in [1.165, 1.54) is 0 Å². The third-order valence-corrected chi connectivity index (χ3v) is 13.9. The molecule has 0 unspecified atom stereocenters. The van der Waals surface area contributed by atoms with Crippen molar-refractivity contribution in [1.82, 2.24) is 50.2 Å². The third-order valence-electron chi connectivity index (χ3n) is 13.5. The van der Waals surface area contributed by atoms with Crippen molar-refractivity contribution >= 4 is 71.7 Å². The van der Waals surface area contributed by atoms with Crippen LogP contribution in [0.2, 0.25) is 10.0 Å². The Bertz CT molecular complexity index is 2740. The number of halogens is 2. The number of carboxylic acids is 2. The van der Waals surface area contributed by atoms with Crippen LogP contribution in [0.5, 0.6) is 11.5 Å². The van der Waals surface area contributed by atoms with Gasteiger partial charge >= 0.3 is 18.0 Å². The molecule has 0 saturated carbocycles. The van der Waals surface area contributed by atoms with Gasteiger partial charge in [-0.15, -0.1) is 0 Å². The molecule has 3 aromatic carbocycles. The van der Waals surface area contributed by atoms with Crippen LogP contribution in [0.3, 0.4) is 0 Å². The van der Waals surface area contributed by atoms with E-state index in [1.54, 1.807) is 59.2 Å². The minimum atomic E-state index is -0.942. The minimum absolute atomic E-state index is 0.0618. The Labute approximate surface area is 486 Å². The highest BCUT2D eigenvalue weighted by molar-refractivity contribution is 6.34. The number of carbonyl (C=O) groups is 7. The molecule has 25 nitrogen and oxygen atoms in total. The summed E-state index contributed by atoms with van der Waals surface area (Å²) in [6.07, 6.45) is 0.904. The first-order valence-electron chi connectivity index (χ1n) is 26.6. The van der Waals surface area contributed by atoms with Crippen LogP contribution in [0.15, 0.2) is 54.6 Å². The Balaban J connectivity index is 0.00000301. The molecule has 2 fully saturated rings. The summed E-state index contributed by atoms with van der Waals surface area (Å²) in [6, 6.07) is 15.5. The summed E-state index contributed by atoms with van der Waals surface area (Å²) in [5, 5.41) is 43.4. The lowest BCUT2D eigenvalue weighted by atomic mass is 9.95. The number of anilines is 1. The molecule has 0 aliphatic carbocycles. The highest BCUT2D eigenvalue weighted by Gasteiger charge is 2.39. The lowest BCUT2D eigenvalue weighted by Gasteiger charge is -2.41. The Kier molecular flexibility index (Phi) is 26.9. The fourth-order valence-corrected chi connectivity index (χ4v) is 9.95. The topological polar surface area (TPSA) is 299 Å². The van der Waals surface area contributed by atoms with E-state index in [-0.39, 0.29) is 69.9 Å². The average molecular weight is 1190 g/mol. The second-order valence-corrected chi connectivity index (χ2v) is 20.5. The zero-order valence-electron chi connectivity index (χ0n) is 46.8. The first-order valence-corrected chi connectivity index (χ1v) is 27.3. The molecule has 27 heteroatoms. The predicted molar refractivity (Wildman–Crippen MR) is 307 cm³/mol. The number of carbonyl (C=O) groups excluding carboxylic acids is 5. The van der Waals surface area contributed by atoms with Gasteiger partial charge in [0.25, 0.3) is 5.91 Å². The molecule has 7 N–H and O–H groups in total. The standard InChI is InChI=1S/C53H69Cl2N11O12.CH4O.CH2O/c1-53(2)34-77-24-20-65(53)51(73)49-43-33-78-45-30-44(75-3)41(29-42(45)50(43)66(60-49)40-27-37(54)26-38(55)28-40)36-5-4-6-39(25-36)59-52(74)58-9-8-57-46(68)7-22-76-23-10-56-35-64-17-15-62(31-47(69)70)13-11-61(19-21-67)12-14-63(16-18-64)32-48(71)72;2*1-2/h4-6,21,25-30,56H,7-20,22-24,31-35H2,1-3H3,(H,57,68)(H,69,70)(H,71,72)(H2,58,59,74);2H,1H3;1H2. The van der Waals surface area contributed by atoms with Crippen molar-refractivity contribution < 1.29 is 67.8 Å². The van der Waals surface area contributed by atoms with E-state index < -0.39 is 23.5 Å². The van der Waals surface area contributed by atoms with Crippen LogP contribution in [-0.2, 0) is 40.1 Å². The first-order chi connectivity index (χ1) is 39.5. The van der Waals surface area contributed by atoms with E-state index >= 15 is 0 Å². The van der Waals surface area contributed by atoms with Gasteiger partial charge in [0.15, 0.2) is 5.69 Å². The predicted octanol–water partition coefficient (Wildman–Crippen LogP) is 2.87. The van der Waals surface area contributed by atoms with Gasteiger partial charge in [0.2, 0.25) is 5.91 Å². The molecule has 7 rings (SSSR count). The number of aliphatic hydroxyl groups excluding tert-OH is 1. The fraction of sp³-hybridized carbons (Fsp3) is 0.491. The van der Waals surface area contributed by atoms with E-state index in [0.717, 1.165) is 13.4 Å². The number of aromatic nitrogens is 2. The second kappa shape index (κ2) is 33.4. The number of hydrogen-bond acceptors (Lipinski definition) is 18. The number of nitrogens with one attached hydrogen (secondary N) is 4. The van der Waals surface area contributed by atoms with Crippen LogP contribution in [0.4, 0.5) is 10.5 Å². The zero-order chi connectivity index (χ0) is 59.8. The number of morpholine rings is 1. The van der Waals surface area contributed by atoms with E-state index in [9.17, 15) is 39.0 Å². The smallest absolute Gasteiger partial charge is 0.319 e. The van der Waals surface area contributed by atoms with Crippen LogP contribution < -0.4 is 30.7 Å². The number of urea groups is 1. The Hall–Kier alpha value is -6.78. The number of aliphatic carboxylic acids is 2. The number of hydrogen-bond donors (Lipinski definition) is 7. The highest BCUT2D eigenvalue weighted by atomic mass is 35.5. The number of ether oxygens (including phenoxy) is 4. The number of fused-ring (bicyclic) bond motifs is 3. The number of carboxylic acid groups (broad SMARTS) is 2. The summed E-state index contributed by atoms with van der Waals surface area (Å²) in [5.74, 6) is -1.38. The lowest BCUT2D eigenvalue weighted by Crippen LogP contribution is -2.55. The van der Waals surface area contributed by atoms with Crippen molar-refractivity contribution in [3.8, 4) is 39.6 Å². The molecule has 4 amide bonds. The molecule has 4 aromatic rings. The van der Waals surface area contributed by atoms with Crippen LogP contribution in [0, 0.1) is 0 Å². The van der Waals surface area contributed by atoms with Crippen molar-refractivity contribution in [2.45, 2.75) is 32.4 Å². The molecule has 3 aliphatic rings. The molecule has 448 valence electrons. The van der Waals surface area contributed by atoms with E-state index in [4.69, 9.17) is 57.1 Å². The lowest BCUT2D eigenvalue weighted by molar-refractivity contribution is -0.139. The molecule has 0 radical (unpaired) electrons. The third kappa shape index (κ3) is 19.4. The number of rotatable bonds is 22. The fourth-order valence-electron chi connectivity index (χ4n) is 9.43. The molecule has 0 atom stereocenters. The molecular formula is C55H75Cl2N11O14. The molecule has 4 heterocycles. The van der Waals surface area contributed by atoms with Crippen molar-refractivity contribution in [2.24, 2.45) is 0 Å². The summed E-state index contributed by atoms with van der Waals surface area (Å²) >= 11 is 13.0. The molecule has 2 saturated heterocycles. The second-order valence-electron chi connectivity index (χ2n) is 19.6. The van der Waals surface area contributed by atoms with Gasteiger partial charge in [0.05, 0.1) is 70.1 Å². The van der Waals surface area contributed by atoms with Gasteiger partial charge in [-0.3, -0.25) is 38.8 Å². The van der Waals surface area contributed by atoms with Crippen LogP contribution in [0.25, 0.3) is 28.1 Å². The summed E-state index contributed by atoms with van der Waals surface area (Å²) in [6.45, 7) is 12.6. The summed E-state index contributed by atoms with van der Waals surface area (Å²) in [7, 11) is 2.56. The maximum Gasteiger partial charge on any atom is 0.319 e. The van der Waals surface area contributed by atoms with Gasteiger partial charge in [-0.1, -0.05) is 35.3 Å². The number of nitrogens with zero attached hydrogens (tertiary/aromatic N) is 7. The summed E-state index contributed by atoms with van der Waals surface area (Å²) in [4.78, 5) is 91.9. The number of benzene rings is 3. The van der Waals surface area contributed by atoms with Crippen LogP contribution in [-0.4, -0.2) is 243 Å². The van der Waals surface area contributed by atoms with Crippen LogP contribution >= 0.6 is 23.2 Å². The van der Waals surface area contributed by atoms with Gasteiger partial charge in [-0.25, -0.2) is 9.48 Å². The minimum Gasteiger partial charge on any atom is -0.496 e. The van der Waals surface area contributed by atoms with Gasteiger partial charge < -0.3 is 70.0 Å². The van der Waals surface area contributed by atoms with Crippen LogP contribution in [0.1, 0.15) is 36.3 Å². The van der Waals surface area contributed by atoms with Crippen molar-refractivity contribution in [1.29, 1.82) is 0 Å². The monoisotopic (exact) mass is 1180 g/mol. The number of amides is 4. The average Bonchev–Trinajstić information content (AvgIpc) is 4.03. The number of methoxy groups -OCH3 is 1. The van der Waals surface area contributed by atoms with Crippen molar-refractivity contribution in [3.05, 3.63) is 75.9 Å². The molecule has 0 bridgehead atoms. The van der Waals surface area contributed by atoms with Gasteiger partial charge in [-0.05, 0) is 55.8 Å². The Morgan fingerprint density at radius 1 is 0.793 bits per heavy atom. The van der Waals surface area contributed by atoms with Crippen molar-refractivity contribution in [2.75, 3.05) is 151 Å². The molecule has 82 heavy (non-hydrogen) atoms. The molecule has 1 aromatic heterocycles. The highest BCUT2D eigenvalue weighted by Crippen LogP contribution is 2.47. The quantitative estimate of drug-likeness (QED) is 0.0440. The normalized spacial score (nSPS) is 15.9. The van der Waals surface area contributed by atoms with Crippen molar-refractivity contribution in [3.63, 3.8) is 0 Å². The SMILES string of the molecule is C=O.CO.COc1cc2c(cc1-c1cccc(NC(=O)NCCNC(=O)CCOCCNCN3CCN(CC(=O)O)CCN(CC=O)CCN(CC(=O)O)CC3)c1)-c1c(c(C(=O)N3CCOCC3(C)C)nn1-c1cc(Cl)cc(Cl)c1)CO2.